The summed E-state index contributed by atoms with van der Waals surface area (Å²) in [6.45, 7) is 8.04. The van der Waals surface area contributed by atoms with Crippen molar-refractivity contribution in [1.29, 1.82) is 5.26 Å². The van der Waals surface area contributed by atoms with Gasteiger partial charge in [0.05, 0.1) is 18.8 Å². The number of methoxy groups -OCH3 is 1. The predicted molar refractivity (Wildman–Crippen MR) is 82.1 cm³/mol. The van der Waals surface area contributed by atoms with E-state index in [1.807, 2.05) is 25.1 Å². The second-order valence-electron chi connectivity index (χ2n) is 6.08. The van der Waals surface area contributed by atoms with Gasteiger partial charge in [0.1, 0.15) is 11.8 Å². The number of rotatable bonds is 6. The number of nitrogens with one attached hydrogen (secondary N) is 1. The molecule has 0 heterocycles. The molecule has 1 aromatic rings. The van der Waals surface area contributed by atoms with Crippen molar-refractivity contribution in [2.45, 2.75) is 45.9 Å². The van der Waals surface area contributed by atoms with Crippen LogP contribution >= 0.6 is 0 Å². The summed E-state index contributed by atoms with van der Waals surface area (Å²) in [6, 6.07) is 8.35. The molecule has 1 aliphatic rings. The summed E-state index contributed by atoms with van der Waals surface area (Å²) in [5.74, 6) is 0.627. The first-order valence-electron chi connectivity index (χ1n) is 7.45. The van der Waals surface area contributed by atoms with Crippen LogP contribution in [-0.4, -0.2) is 25.9 Å². The smallest absolute Gasteiger partial charge is 0.136 e. The van der Waals surface area contributed by atoms with Gasteiger partial charge in [-0.2, -0.15) is 5.26 Å². The summed E-state index contributed by atoms with van der Waals surface area (Å²) in [4.78, 5) is 0. The van der Waals surface area contributed by atoms with E-state index in [1.165, 1.54) is 0 Å². The van der Waals surface area contributed by atoms with Crippen LogP contribution in [0.3, 0.4) is 0 Å². The van der Waals surface area contributed by atoms with Crippen molar-refractivity contribution in [3.8, 4) is 11.8 Å². The molecule has 1 aromatic carbocycles. The van der Waals surface area contributed by atoms with Crippen molar-refractivity contribution in [2.75, 3.05) is 13.7 Å². The molecule has 0 saturated heterocycles. The number of hydrogen-bond acceptors (Lipinski definition) is 4. The Morgan fingerprint density at radius 3 is 2.76 bits per heavy atom. The highest BCUT2D eigenvalue weighted by Gasteiger charge is 2.48. The molecule has 1 fully saturated rings. The SMILES string of the molecule is CCOC1CC(NCc2ccc(OC)c(C#N)c2)C1(C)C. The van der Waals surface area contributed by atoms with Gasteiger partial charge in [0.15, 0.2) is 0 Å². The fraction of sp³-hybridized carbons (Fsp3) is 0.588. The van der Waals surface area contributed by atoms with Crippen molar-refractivity contribution < 1.29 is 9.47 Å². The molecule has 0 radical (unpaired) electrons. The van der Waals surface area contributed by atoms with Crippen LogP contribution in [0.25, 0.3) is 0 Å². The van der Waals surface area contributed by atoms with Gasteiger partial charge in [0, 0.05) is 24.6 Å². The van der Waals surface area contributed by atoms with E-state index in [9.17, 15) is 0 Å². The molecule has 2 rings (SSSR count). The van der Waals surface area contributed by atoms with E-state index >= 15 is 0 Å². The molecule has 1 saturated carbocycles. The molecular formula is C17H24N2O2. The molecule has 114 valence electrons. The Kier molecular flexibility index (Phi) is 4.87. The highest BCUT2D eigenvalue weighted by molar-refractivity contribution is 5.45. The molecule has 1 aliphatic carbocycles. The van der Waals surface area contributed by atoms with E-state index in [0.717, 1.165) is 25.1 Å². The van der Waals surface area contributed by atoms with Crippen molar-refractivity contribution >= 4 is 0 Å². The van der Waals surface area contributed by atoms with Gasteiger partial charge < -0.3 is 14.8 Å². The van der Waals surface area contributed by atoms with Crippen molar-refractivity contribution in [1.82, 2.24) is 5.32 Å². The first-order chi connectivity index (χ1) is 10.0. The summed E-state index contributed by atoms with van der Waals surface area (Å²) in [6.07, 6.45) is 1.38. The first kappa shape index (κ1) is 15.8. The molecular weight excluding hydrogens is 264 g/mol. The van der Waals surface area contributed by atoms with Crippen LogP contribution in [0.15, 0.2) is 18.2 Å². The van der Waals surface area contributed by atoms with E-state index in [0.29, 0.717) is 23.5 Å². The maximum Gasteiger partial charge on any atom is 0.136 e. The Morgan fingerprint density at radius 1 is 1.43 bits per heavy atom. The third-order valence-electron chi connectivity index (χ3n) is 4.48. The van der Waals surface area contributed by atoms with Crippen LogP contribution in [0, 0.1) is 16.7 Å². The van der Waals surface area contributed by atoms with Crippen LogP contribution < -0.4 is 10.1 Å². The predicted octanol–water partition coefficient (Wildman–Crippen LogP) is 2.86. The number of nitriles is 1. The fourth-order valence-corrected chi connectivity index (χ4v) is 2.91. The summed E-state index contributed by atoms with van der Waals surface area (Å²) >= 11 is 0. The zero-order valence-corrected chi connectivity index (χ0v) is 13.3. The summed E-state index contributed by atoms with van der Waals surface area (Å²) < 4.78 is 10.9. The third kappa shape index (κ3) is 3.20. The molecule has 0 amide bonds. The minimum absolute atomic E-state index is 0.153. The molecule has 4 heteroatoms. The molecule has 2 unspecified atom stereocenters. The van der Waals surface area contributed by atoms with Crippen LogP contribution in [0.5, 0.6) is 5.75 Å². The van der Waals surface area contributed by atoms with Crippen LogP contribution in [0.2, 0.25) is 0 Å². The maximum absolute atomic E-state index is 9.12. The van der Waals surface area contributed by atoms with Crippen LogP contribution in [0.1, 0.15) is 38.3 Å². The lowest BCUT2D eigenvalue weighted by molar-refractivity contribution is -0.114. The largest absolute Gasteiger partial charge is 0.495 e. The third-order valence-corrected chi connectivity index (χ3v) is 4.48. The fourth-order valence-electron chi connectivity index (χ4n) is 2.91. The Bertz CT molecular complexity index is 534. The quantitative estimate of drug-likeness (QED) is 0.874. The van der Waals surface area contributed by atoms with Gasteiger partial charge in [0.2, 0.25) is 0 Å². The average molecular weight is 288 g/mol. The van der Waals surface area contributed by atoms with Crippen LogP contribution in [0.4, 0.5) is 0 Å². The lowest BCUT2D eigenvalue weighted by Gasteiger charge is -2.52. The van der Waals surface area contributed by atoms with Gasteiger partial charge in [-0.25, -0.2) is 0 Å². The Morgan fingerprint density at radius 2 is 2.19 bits per heavy atom. The van der Waals surface area contributed by atoms with Gasteiger partial charge >= 0.3 is 0 Å². The van der Waals surface area contributed by atoms with Crippen molar-refractivity contribution in [2.24, 2.45) is 5.41 Å². The molecule has 1 N–H and O–H groups in total. The summed E-state index contributed by atoms with van der Waals surface area (Å²) in [5.41, 5.74) is 1.83. The minimum Gasteiger partial charge on any atom is -0.495 e. The Labute approximate surface area is 127 Å². The first-order valence-corrected chi connectivity index (χ1v) is 7.45. The van der Waals surface area contributed by atoms with Gasteiger partial charge in [-0.05, 0) is 31.0 Å². The van der Waals surface area contributed by atoms with Crippen molar-refractivity contribution in [3.63, 3.8) is 0 Å². The van der Waals surface area contributed by atoms with Gasteiger partial charge in [-0.1, -0.05) is 19.9 Å². The Hall–Kier alpha value is -1.57. The minimum atomic E-state index is 0.153. The molecule has 4 nitrogen and oxygen atoms in total. The number of benzene rings is 1. The number of ether oxygens (including phenoxy) is 2. The van der Waals surface area contributed by atoms with E-state index in [1.54, 1.807) is 7.11 Å². The zero-order valence-electron chi connectivity index (χ0n) is 13.3. The molecule has 0 bridgehead atoms. The normalized spacial score (nSPS) is 23.2. The van der Waals surface area contributed by atoms with E-state index in [4.69, 9.17) is 14.7 Å². The second kappa shape index (κ2) is 6.46. The molecule has 0 aliphatic heterocycles. The topological polar surface area (TPSA) is 54.3 Å². The standard InChI is InChI=1S/C17H24N2O2/c1-5-21-16-9-15(17(16,2)3)19-11-12-6-7-14(20-4)13(8-12)10-18/h6-8,15-16,19H,5,9,11H2,1-4H3. The highest BCUT2D eigenvalue weighted by Crippen LogP contribution is 2.42. The highest BCUT2D eigenvalue weighted by atomic mass is 16.5. The van der Waals surface area contributed by atoms with E-state index in [-0.39, 0.29) is 5.41 Å². The van der Waals surface area contributed by atoms with E-state index in [2.05, 4.69) is 25.2 Å². The lowest BCUT2D eigenvalue weighted by Crippen LogP contribution is -2.60. The van der Waals surface area contributed by atoms with Gasteiger partial charge in [-0.15, -0.1) is 0 Å². The summed E-state index contributed by atoms with van der Waals surface area (Å²) in [7, 11) is 1.58. The maximum atomic E-state index is 9.12. The van der Waals surface area contributed by atoms with Crippen LogP contribution in [-0.2, 0) is 11.3 Å². The zero-order chi connectivity index (χ0) is 15.5. The number of hydrogen-bond donors (Lipinski definition) is 1. The molecule has 2 atom stereocenters. The van der Waals surface area contributed by atoms with Gasteiger partial charge in [0.25, 0.3) is 0 Å². The monoisotopic (exact) mass is 288 g/mol. The van der Waals surface area contributed by atoms with Crippen molar-refractivity contribution in [3.05, 3.63) is 29.3 Å². The molecule has 0 spiro atoms. The molecule has 0 aromatic heterocycles. The molecule has 21 heavy (non-hydrogen) atoms. The number of nitrogens with zero attached hydrogens (tertiary/aromatic N) is 1. The van der Waals surface area contributed by atoms with Gasteiger partial charge in [-0.3, -0.25) is 0 Å². The Balaban J connectivity index is 1.94. The average Bonchev–Trinajstić information content (AvgIpc) is 2.49. The van der Waals surface area contributed by atoms with E-state index < -0.39 is 0 Å². The second-order valence-corrected chi connectivity index (χ2v) is 6.08. The summed E-state index contributed by atoms with van der Waals surface area (Å²) in [5, 5.41) is 12.7. The lowest BCUT2D eigenvalue weighted by atomic mass is 9.64.